The predicted molar refractivity (Wildman–Crippen MR) is 177 cm³/mol. The number of rotatable bonds is 5. The van der Waals surface area contributed by atoms with E-state index in [0.29, 0.717) is 18.0 Å². The van der Waals surface area contributed by atoms with E-state index in [1.807, 2.05) is 0 Å². The zero-order valence-electron chi connectivity index (χ0n) is 23.9. The van der Waals surface area contributed by atoms with Crippen molar-refractivity contribution in [2.75, 3.05) is 0 Å². The summed E-state index contributed by atoms with van der Waals surface area (Å²) in [7, 11) is 0. The number of hydrogen-bond donors (Lipinski definition) is 0. The van der Waals surface area contributed by atoms with Crippen molar-refractivity contribution in [3.63, 3.8) is 0 Å². The maximum Gasteiger partial charge on any atom is 0.0548 e. The molecule has 0 saturated carbocycles. The number of benzene rings is 3. The molecule has 3 unspecified atom stereocenters. The Morgan fingerprint density at radius 3 is 2.19 bits per heavy atom. The van der Waals surface area contributed by atoms with E-state index in [4.69, 9.17) is 0 Å². The van der Waals surface area contributed by atoms with Crippen LogP contribution in [0.1, 0.15) is 37.7 Å². The molecule has 8 rings (SSSR count). The lowest BCUT2D eigenvalue weighted by Gasteiger charge is -2.45. The second-order valence-corrected chi connectivity index (χ2v) is 11.9. The van der Waals surface area contributed by atoms with Crippen molar-refractivity contribution in [1.29, 1.82) is 0 Å². The van der Waals surface area contributed by atoms with Gasteiger partial charge < -0.3 is 9.47 Å². The fourth-order valence-electron chi connectivity index (χ4n) is 7.54. The van der Waals surface area contributed by atoms with Crippen molar-refractivity contribution in [1.82, 2.24) is 9.47 Å². The molecule has 1 aromatic heterocycles. The smallest absolute Gasteiger partial charge is 0.0548 e. The topological polar surface area (TPSA) is 8.17 Å². The lowest BCUT2D eigenvalue weighted by Crippen LogP contribution is -2.46. The molecule has 3 aromatic carbocycles. The van der Waals surface area contributed by atoms with Crippen LogP contribution >= 0.6 is 0 Å². The molecule has 0 radical (unpaired) electrons. The summed E-state index contributed by atoms with van der Waals surface area (Å²) in [5, 5.41) is 2.61. The quantitative estimate of drug-likeness (QED) is 0.243. The lowest BCUT2D eigenvalue weighted by molar-refractivity contribution is 0.191. The third-order valence-corrected chi connectivity index (χ3v) is 9.56. The molecule has 4 aromatic rings. The molecule has 3 atom stereocenters. The number of hydrogen-bond acceptors (Lipinski definition) is 1. The minimum absolute atomic E-state index is 0.404. The molecular formula is C40H36N2. The van der Waals surface area contributed by atoms with E-state index in [1.165, 1.54) is 62.7 Å². The molecule has 1 heterocycles. The Kier molecular flexibility index (Phi) is 6.41. The van der Waals surface area contributed by atoms with Gasteiger partial charge in [0, 0.05) is 28.1 Å². The number of nitrogens with zero attached hydrogens (tertiary/aromatic N) is 2. The van der Waals surface area contributed by atoms with E-state index in [0.717, 1.165) is 19.3 Å². The molecule has 0 saturated heterocycles. The lowest BCUT2D eigenvalue weighted by atomic mass is 9.78. The van der Waals surface area contributed by atoms with Gasteiger partial charge in [0.25, 0.3) is 0 Å². The van der Waals surface area contributed by atoms with Crippen LogP contribution in [-0.2, 0) is 0 Å². The first-order valence-corrected chi connectivity index (χ1v) is 15.5. The van der Waals surface area contributed by atoms with Crippen LogP contribution in [0.3, 0.4) is 0 Å². The summed E-state index contributed by atoms with van der Waals surface area (Å²) < 4.78 is 2.40. The van der Waals surface area contributed by atoms with Crippen LogP contribution < -0.4 is 0 Å². The average Bonchev–Trinajstić information content (AvgIpc) is 3.40. The van der Waals surface area contributed by atoms with Gasteiger partial charge in [-0.3, -0.25) is 0 Å². The van der Waals surface area contributed by atoms with E-state index >= 15 is 0 Å². The number of fused-ring (bicyclic) bond motifs is 4. The highest BCUT2D eigenvalue weighted by Crippen LogP contribution is 2.40. The Morgan fingerprint density at radius 2 is 1.48 bits per heavy atom. The van der Waals surface area contributed by atoms with Crippen molar-refractivity contribution >= 4 is 27.4 Å². The molecule has 0 fully saturated rings. The Morgan fingerprint density at radius 1 is 0.690 bits per heavy atom. The van der Waals surface area contributed by atoms with Gasteiger partial charge in [0.05, 0.1) is 23.1 Å². The van der Waals surface area contributed by atoms with Crippen LogP contribution in [0.4, 0.5) is 0 Å². The predicted octanol–water partition coefficient (Wildman–Crippen LogP) is 9.86. The van der Waals surface area contributed by atoms with Crippen LogP contribution in [-0.4, -0.2) is 21.6 Å². The maximum atomic E-state index is 2.74. The number of allylic oxidation sites excluding steroid dienone is 10. The third-order valence-electron chi connectivity index (χ3n) is 9.56. The molecule has 42 heavy (non-hydrogen) atoms. The van der Waals surface area contributed by atoms with Gasteiger partial charge in [0.2, 0.25) is 0 Å². The van der Waals surface area contributed by atoms with E-state index < -0.39 is 0 Å². The molecule has 2 nitrogen and oxygen atoms in total. The molecule has 0 amide bonds. The molecule has 0 aliphatic heterocycles. The van der Waals surface area contributed by atoms with Crippen LogP contribution in [0.5, 0.6) is 0 Å². The van der Waals surface area contributed by atoms with E-state index in [9.17, 15) is 0 Å². The summed E-state index contributed by atoms with van der Waals surface area (Å²) in [4.78, 5) is 2.74. The Labute approximate surface area is 248 Å². The first-order chi connectivity index (χ1) is 20.8. The van der Waals surface area contributed by atoms with Crippen molar-refractivity contribution in [2.24, 2.45) is 5.92 Å². The minimum Gasteiger partial charge on any atom is -0.361 e. The van der Waals surface area contributed by atoms with Crippen molar-refractivity contribution in [3.05, 3.63) is 156 Å². The highest BCUT2D eigenvalue weighted by atomic mass is 15.2. The summed E-state index contributed by atoms with van der Waals surface area (Å²) in [6, 6.07) is 27.5. The Bertz CT molecular complexity index is 1810. The van der Waals surface area contributed by atoms with Crippen molar-refractivity contribution in [3.8, 4) is 5.69 Å². The molecule has 4 aliphatic rings. The normalized spacial score (nSPS) is 23.0. The summed E-state index contributed by atoms with van der Waals surface area (Å²) >= 11 is 0. The number of aromatic nitrogens is 1. The van der Waals surface area contributed by atoms with Gasteiger partial charge >= 0.3 is 0 Å². The molecular weight excluding hydrogens is 508 g/mol. The molecule has 0 bridgehead atoms. The van der Waals surface area contributed by atoms with E-state index in [2.05, 4.69) is 149 Å². The Balaban J connectivity index is 1.11. The molecule has 0 spiro atoms. The highest BCUT2D eigenvalue weighted by Gasteiger charge is 2.34. The van der Waals surface area contributed by atoms with Gasteiger partial charge in [-0.2, -0.15) is 0 Å². The van der Waals surface area contributed by atoms with Crippen molar-refractivity contribution in [2.45, 2.75) is 44.2 Å². The fourth-order valence-corrected chi connectivity index (χ4v) is 7.54. The summed E-state index contributed by atoms with van der Waals surface area (Å²) in [6.07, 6.45) is 31.3. The van der Waals surface area contributed by atoms with Crippen LogP contribution in [0.15, 0.2) is 151 Å². The van der Waals surface area contributed by atoms with E-state index in [-0.39, 0.29) is 0 Å². The summed E-state index contributed by atoms with van der Waals surface area (Å²) in [5.74, 6) is 0.568. The summed E-state index contributed by atoms with van der Waals surface area (Å²) in [5.41, 5.74) is 9.42. The largest absolute Gasteiger partial charge is 0.361 e. The number of para-hydroxylation sites is 2. The minimum atomic E-state index is 0.404. The van der Waals surface area contributed by atoms with E-state index in [1.54, 1.807) is 0 Å². The van der Waals surface area contributed by atoms with Gasteiger partial charge in [0.15, 0.2) is 0 Å². The molecule has 2 heteroatoms. The second-order valence-electron chi connectivity index (χ2n) is 11.9. The Hall–Kier alpha value is -4.56. The highest BCUT2D eigenvalue weighted by molar-refractivity contribution is 6.09. The zero-order valence-corrected chi connectivity index (χ0v) is 23.9. The fraction of sp³-hybridized carbons (Fsp3) is 0.200. The van der Waals surface area contributed by atoms with Gasteiger partial charge in [-0.25, -0.2) is 0 Å². The first-order valence-electron chi connectivity index (χ1n) is 15.5. The zero-order chi connectivity index (χ0) is 27.9. The van der Waals surface area contributed by atoms with Crippen LogP contribution in [0.25, 0.3) is 33.1 Å². The molecule has 0 N–H and O–H groups in total. The maximum absolute atomic E-state index is 2.74. The average molecular weight is 545 g/mol. The molecule has 206 valence electrons. The summed E-state index contributed by atoms with van der Waals surface area (Å²) in [6.45, 7) is 0. The van der Waals surface area contributed by atoms with Crippen LogP contribution in [0.2, 0.25) is 0 Å². The molecule has 4 aliphatic carbocycles. The second kappa shape index (κ2) is 10.7. The monoisotopic (exact) mass is 544 g/mol. The van der Waals surface area contributed by atoms with Gasteiger partial charge in [0.1, 0.15) is 0 Å². The SMILES string of the molecule is C1=CCC(N(C2=CC=C(c3ccc(-n4c5ccccc5c5ccccc54)cc3)CC2)C2C=CC=C3C=CCCC32)C=C1. The third kappa shape index (κ3) is 4.34. The van der Waals surface area contributed by atoms with Crippen molar-refractivity contribution < 1.29 is 0 Å². The van der Waals surface area contributed by atoms with Gasteiger partial charge in [-0.1, -0.05) is 109 Å². The van der Waals surface area contributed by atoms with Crippen LogP contribution in [0, 0.1) is 5.92 Å². The van der Waals surface area contributed by atoms with Gasteiger partial charge in [-0.15, -0.1) is 0 Å². The standard InChI is InChI=1S/C40H36N2/c1-2-13-32(14-3-1)41(38-20-10-12-31-11-4-5-15-35(31)38)33-25-21-29(22-26-33)30-23-27-34(28-24-30)42-39-18-8-6-16-36(39)37-17-7-9-19-40(37)42/h1-4,6-13,16-21,23-25,27-28,32,35,38H,5,14-15,22,26H2. The van der Waals surface area contributed by atoms with Gasteiger partial charge in [-0.05, 0) is 79.2 Å². The first kappa shape index (κ1) is 25.2.